The molecular formula is C14H14ClFIN3. The lowest BCUT2D eigenvalue weighted by atomic mass is 10.2. The van der Waals surface area contributed by atoms with Gasteiger partial charge >= 0.3 is 0 Å². The van der Waals surface area contributed by atoms with Crippen LogP contribution in [0.5, 0.6) is 0 Å². The van der Waals surface area contributed by atoms with Crippen LogP contribution >= 0.6 is 34.2 Å². The third-order valence-electron chi connectivity index (χ3n) is 2.79. The number of benzene rings is 1. The van der Waals surface area contributed by atoms with Gasteiger partial charge < -0.3 is 5.32 Å². The first-order valence-electron chi connectivity index (χ1n) is 6.26. The van der Waals surface area contributed by atoms with Crippen molar-refractivity contribution in [3.63, 3.8) is 0 Å². The zero-order valence-corrected chi connectivity index (χ0v) is 14.1. The fourth-order valence-electron chi connectivity index (χ4n) is 1.71. The van der Waals surface area contributed by atoms with E-state index in [0.717, 1.165) is 27.7 Å². The molecule has 0 aliphatic heterocycles. The lowest BCUT2D eigenvalue weighted by Gasteiger charge is -2.12. The molecule has 106 valence electrons. The van der Waals surface area contributed by atoms with E-state index in [1.807, 2.05) is 6.92 Å². The van der Waals surface area contributed by atoms with Crippen LogP contribution in [0.4, 0.5) is 15.9 Å². The molecule has 1 N–H and O–H groups in total. The molecule has 0 saturated carbocycles. The van der Waals surface area contributed by atoms with Crippen LogP contribution in [-0.2, 0) is 6.42 Å². The normalized spacial score (nSPS) is 10.7. The second-order valence-corrected chi connectivity index (χ2v) is 5.92. The van der Waals surface area contributed by atoms with Gasteiger partial charge in [0.1, 0.15) is 22.6 Å². The predicted octanol–water partition coefficient (Wildman–Crippen LogP) is 4.88. The third kappa shape index (κ3) is 3.58. The molecule has 0 bridgehead atoms. The first kappa shape index (κ1) is 15.4. The number of hydrogen-bond donors (Lipinski definition) is 1. The van der Waals surface area contributed by atoms with Gasteiger partial charge in [-0.3, -0.25) is 0 Å². The molecule has 2 aromatic rings. The number of nitrogens with one attached hydrogen (secondary N) is 1. The van der Waals surface area contributed by atoms with Crippen molar-refractivity contribution in [1.29, 1.82) is 0 Å². The van der Waals surface area contributed by atoms with E-state index in [-0.39, 0.29) is 5.82 Å². The fourth-order valence-corrected chi connectivity index (χ4v) is 2.51. The Morgan fingerprint density at radius 3 is 2.75 bits per heavy atom. The molecule has 1 heterocycles. The van der Waals surface area contributed by atoms with E-state index in [9.17, 15) is 4.39 Å². The Morgan fingerprint density at radius 1 is 1.35 bits per heavy atom. The highest BCUT2D eigenvalue weighted by Crippen LogP contribution is 2.27. The Bertz CT molecular complexity index is 634. The fraction of sp³-hybridized carbons (Fsp3) is 0.286. The van der Waals surface area contributed by atoms with Crippen LogP contribution in [-0.4, -0.2) is 9.97 Å². The molecule has 0 amide bonds. The van der Waals surface area contributed by atoms with Crippen LogP contribution in [0.3, 0.4) is 0 Å². The molecule has 0 unspecified atom stereocenters. The van der Waals surface area contributed by atoms with E-state index < -0.39 is 0 Å². The molecule has 0 spiro atoms. The van der Waals surface area contributed by atoms with Gasteiger partial charge in [0.2, 0.25) is 0 Å². The largest absolute Gasteiger partial charge is 0.339 e. The summed E-state index contributed by atoms with van der Waals surface area (Å²) in [6, 6.07) is 4.57. The molecule has 3 nitrogen and oxygen atoms in total. The maximum atomic E-state index is 13.1. The Hall–Kier alpha value is -0.950. The van der Waals surface area contributed by atoms with Crippen LogP contribution < -0.4 is 5.32 Å². The van der Waals surface area contributed by atoms with Crippen molar-refractivity contribution in [2.45, 2.75) is 26.7 Å². The van der Waals surface area contributed by atoms with Gasteiger partial charge in [-0.2, -0.15) is 0 Å². The zero-order valence-electron chi connectivity index (χ0n) is 11.2. The molecule has 0 fully saturated rings. The highest BCUT2D eigenvalue weighted by Gasteiger charge is 2.11. The Balaban J connectivity index is 2.37. The summed E-state index contributed by atoms with van der Waals surface area (Å²) < 4.78 is 13.9. The van der Waals surface area contributed by atoms with E-state index in [1.165, 1.54) is 12.1 Å². The van der Waals surface area contributed by atoms with Crippen molar-refractivity contribution in [1.82, 2.24) is 9.97 Å². The van der Waals surface area contributed by atoms with E-state index in [2.05, 4.69) is 44.8 Å². The van der Waals surface area contributed by atoms with Crippen molar-refractivity contribution < 1.29 is 4.39 Å². The Kier molecular flexibility index (Phi) is 5.15. The number of aromatic nitrogens is 2. The van der Waals surface area contributed by atoms with Gasteiger partial charge in [-0.25, -0.2) is 14.4 Å². The van der Waals surface area contributed by atoms with Crippen LogP contribution in [0.1, 0.15) is 24.7 Å². The average Bonchev–Trinajstić information content (AvgIpc) is 2.39. The minimum absolute atomic E-state index is 0.260. The average molecular weight is 406 g/mol. The highest BCUT2D eigenvalue weighted by molar-refractivity contribution is 14.1. The minimum atomic E-state index is -0.260. The van der Waals surface area contributed by atoms with Crippen molar-refractivity contribution in [2.75, 3.05) is 5.32 Å². The minimum Gasteiger partial charge on any atom is -0.339 e. The topological polar surface area (TPSA) is 37.8 Å². The Morgan fingerprint density at radius 2 is 2.10 bits per heavy atom. The van der Waals surface area contributed by atoms with Crippen molar-refractivity contribution in [3.8, 4) is 0 Å². The maximum absolute atomic E-state index is 13.1. The predicted molar refractivity (Wildman–Crippen MR) is 88.2 cm³/mol. The van der Waals surface area contributed by atoms with E-state index >= 15 is 0 Å². The second-order valence-electron chi connectivity index (χ2n) is 4.40. The van der Waals surface area contributed by atoms with Gasteiger partial charge in [-0.15, -0.1) is 0 Å². The quantitative estimate of drug-likeness (QED) is 0.582. The molecule has 0 atom stereocenters. The van der Waals surface area contributed by atoms with Gasteiger partial charge in [0.25, 0.3) is 0 Å². The molecule has 20 heavy (non-hydrogen) atoms. The van der Waals surface area contributed by atoms with Crippen molar-refractivity contribution >= 4 is 45.7 Å². The number of nitrogens with zero attached hydrogens (tertiary/aromatic N) is 2. The van der Waals surface area contributed by atoms with Gasteiger partial charge in [0, 0.05) is 15.6 Å². The number of rotatable bonds is 4. The van der Waals surface area contributed by atoms with Crippen LogP contribution in [0.25, 0.3) is 0 Å². The summed E-state index contributed by atoms with van der Waals surface area (Å²) >= 11 is 8.21. The molecule has 0 saturated heterocycles. The maximum Gasteiger partial charge on any atom is 0.138 e. The van der Waals surface area contributed by atoms with Gasteiger partial charge in [0.05, 0.1) is 5.69 Å². The lowest BCUT2D eigenvalue weighted by Crippen LogP contribution is -2.04. The molecule has 0 aliphatic carbocycles. The van der Waals surface area contributed by atoms with Crippen LogP contribution in [0.15, 0.2) is 18.2 Å². The highest BCUT2D eigenvalue weighted by atomic mass is 127. The molecule has 2 rings (SSSR count). The van der Waals surface area contributed by atoms with Crippen molar-refractivity contribution in [2.24, 2.45) is 0 Å². The lowest BCUT2D eigenvalue weighted by molar-refractivity contribution is 0.627. The van der Waals surface area contributed by atoms with Gasteiger partial charge in [-0.1, -0.05) is 18.5 Å². The number of anilines is 2. The number of halogens is 3. The monoisotopic (exact) mass is 405 g/mol. The summed E-state index contributed by atoms with van der Waals surface area (Å²) in [6.45, 7) is 3.92. The summed E-state index contributed by atoms with van der Waals surface area (Å²) in [5, 5.41) is 3.64. The van der Waals surface area contributed by atoms with E-state index in [0.29, 0.717) is 16.8 Å². The van der Waals surface area contributed by atoms with E-state index in [4.69, 9.17) is 11.6 Å². The van der Waals surface area contributed by atoms with Gasteiger partial charge in [0.15, 0.2) is 0 Å². The van der Waals surface area contributed by atoms with E-state index in [1.54, 1.807) is 6.07 Å². The summed E-state index contributed by atoms with van der Waals surface area (Å²) in [7, 11) is 0. The molecule has 1 aromatic carbocycles. The van der Waals surface area contributed by atoms with Crippen LogP contribution in [0, 0.1) is 16.3 Å². The standard InChI is InChI=1S/C14H14ClFIN3/c1-3-4-12-19-13(15)8(2)14(20-12)18-11-6-5-9(16)7-10(11)17/h5-7H,3-4H2,1-2H3,(H,18,19,20). The first-order valence-corrected chi connectivity index (χ1v) is 7.72. The summed E-state index contributed by atoms with van der Waals surface area (Å²) in [5.74, 6) is 1.12. The second kappa shape index (κ2) is 6.67. The van der Waals surface area contributed by atoms with Gasteiger partial charge in [-0.05, 0) is 54.1 Å². The first-order chi connectivity index (χ1) is 9.51. The molecule has 0 radical (unpaired) electrons. The number of hydrogen-bond acceptors (Lipinski definition) is 3. The zero-order chi connectivity index (χ0) is 14.7. The number of aryl methyl sites for hydroxylation is 1. The third-order valence-corrected chi connectivity index (χ3v) is 4.05. The van der Waals surface area contributed by atoms with Crippen LogP contribution in [0.2, 0.25) is 5.15 Å². The smallest absolute Gasteiger partial charge is 0.138 e. The summed E-state index contributed by atoms with van der Waals surface area (Å²) in [4.78, 5) is 8.73. The van der Waals surface area contributed by atoms with Crippen molar-refractivity contribution in [3.05, 3.63) is 44.1 Å². The summed E-state index contributed by atoms with van der Waals surface area (Å²) in [5.41, 5.74) is 1.58. The Labute approximate surface area is 136 Å². The SMILES string of the molecule is CCCc1nc(Cl)c(C)c(Nc2ccc(F)cc2I)n1. The molecule has 1 aromatic heterocycles. The molecule has 6 heteroatoms. The molecular weight excluding hydrogens is 392 g/mol. The summed E-state index contributed by atoms with van der Waals surface area (Å²) in [6.07, 6.45) is 1.72. The molecule has 0 aliphatic rings.